The van der Waals surface area contributed by atoms with Gasteiger partial charge < -0.3 is 20.6 Å². The molecule has 5 nitrogen and oxygen atoms in total. The number of nitrogens with one attached hydrogen (secondary N) is 2. The van der Waals surface area contributed by atoms with Gasteiger partial charge in [0.25, 0.3) is 0 Å². The van der Waals surface area contributed by atoms with Gasteiger partial charge in [0.2, 0.25) is 0 Å². The lowest BCUT2D eigenvalue weighted by molar-refractivity contribution is 0.0711. The van der Waals surface area contributed by atoms with Gasteiger partial charge >= 0.3 is 0 Å². The van der Waals surface area contributed by atoms with Crippen molar-refractivity contribution < 1.29 is 5.11 Å². The molecule has 0 aromatic carbocycles. The van der Waals surface area contributed by atoms with Crippen LogP contribution in [0.4, 0.5) is 0 Å². The summed E-state index contributed by atoms with van der Waals surface area (Å²) in [5.41, 5.74) is -0.912. The van der Waals surface area contributed by atoms with Crippen molar-refractivity contribution in [1.82, 2.24) is 15.5 Å². The van der Waals surface area contributed by atoms with E-state index < -0.39 is 5.60 Å². The van der Waals surface area contributed by atoms with E-state index in [4.69, 9.17) is 0 Å². The van der Waals surface area contributed by atoms with Crippen molar-refractivity contribution in [3.05, 3.63) is 22.4 Å². The molecule has 1 unspecified atom stereocenters. The summed E-state index contributed by atoms with van der Waals surface area (Å²) in [6.45, 7) is 8.42. The van der Waals surface area contributed by atoms with E-state index >= 15 is 0 Å². The van der Waals surface area contributed by atoms with Gasteiger partial charge in [-0.25, -0.2) is 4.99 Å². The van der Waals surface area contributed by atoms with Crippen molar-refractivity contribution >= 4 is 41.3 Å². The van der Waals surface area contributed by atoms with Crippen LogP contribution in [0.5, 0.6) is 0 Å². The Morgan fingerprint density at radius 2 is 2.12 bits per heavy atom. The molecule has 1 fully saturated rings. The Morgan fingerprint density at radius 3 is 2.72 bits per heavy atom. The molecule has 1 aliphatic heterocycles. The number of halogens is 1. The maximum absolute atomic E-state index is 10.6. The Bertz CT molecular complexity index is 499. The molecule has 2 rings (SSSR count). The largest absolute Gasteiger partial charge is 0.383 e. The van der Waals surface area contributed by atoms with Gasteiger partial charge in [-0.1, -0.05) is 6.07 Å². The molecule has 0 amide bonds. The summed E-state index contributed by atoms with van der Waals surface area (Å²) >= 11 is 1.57. The van der Waals surface area contributed by atoms with Gasteiger partial charge in [0.1, 0.15) is 5.60 Å². The van der Waals surface area contributed by atoms with Crippen molar-refractivity contribution in [3.63, 3.8) is 0 Å². The SMILES string of the molecule is CCNC(=NCC(C)(O)c1cccs1)NCCC1CCN(C)CC1.I. The van der Waals surface area contributed by atoms with Gasteiger partial charge in [0.15, 0.2) is 5.96 Å². The average Bonchev–Trinajstić information content (AvgIpc) is 3.10. The van der Waals surface area contributed by atoms with Gasteiger partial charge in [0, 0.05) is 18.0 Å². The molecule has 1 aliphatic rings. The van der Waals surface area contributed by atoms with E-state index in [0.29, 0.717) is 6.54 Å². The van der Waals surface area contributed by atoms with Crippen molar-refractivity contribution in [3.8, 4) is 0 Å². The molecule has 0 radical (unpaired) electrons. The third-order valence-corrected chi connectivity index (χ3v) is 5.75. The number of nitrogens with zero attached hydrogens (tertiary/aromatic N) is 2. The topological polar surface area (TPSA) is 59.9 Å². The zero-order chi connectivity index (χ0) is 17.4. The maximum atomic E-state index is 10.6. The van der Waals surface area contributed by atoms with Crippen LogP contribution in [0.2, 0.25) is 0 Å². The molecule has 1 aromatic heterocycles. The molecule has 25 heavy (non-hydrogen) atoms. The quantitative estimate of drug-likeness (QED) is 0.319. The smallest absolute Gasteiger partial charge is 0.191 e. The first-order valence-electron chi connectivity index (χ1n) is 8.98. The van der Waals surface area contributed by atoms with Crippen LogP contribution in [0.3, 0.4) is 0 Å². The number of aliphatic hydroxyl groups is 1. The summed E-state index contributed by atoms with van der Waals surface area (Å²) in [5, 5.41) is 19.3. The Kier molecular flexibility index (Phi) is 10.3. The highest BCUT2D eigenvalue weighted by molar-refractivity contribution is 14.0. The van der Waals surface area contributed by atoms with Gasteiger partial charge in [-0.05, 0) is 70.6 Å². The molecule has 7 heteroatoms. The molecule has 1 aromatic rings. The number of rotatable bonds is 7. The monoisotopic (exact) mass is 480 g/mol. The average molecular weight is 480 g/mol. The normalized spacial score (nSPS) is 19.1. The standard InChI is InChI=1S/C18H32N4OS.HI/c1-4-19-17(20-10-7-15-8-11-22(3)12-9-15)21-14-18(2,23)16-6-5-13-24-16;/h5-6,13,15,23H,4,7-12,14H2,1-3H3,(H2,19,20,21);1H. The fourth-order valence-corrected chi connectivity index (χ4v) is 3.76. The number of hydrogen-bond acceptors (Lipinski definition) is 4. The number of aliphatic imine (C=N–C) groups is 1. The predicted molar refractivity (Wildman–Crippen MR) is 118 cm³/mol. The number of hydrogen-bond donors (Lipinski definition) is 3. The highest BCUT2D eigenvalue weighted by atomic mass is 127. The predicted octanol–water partition coefficient (Wildman–Crippen LogP) is 2.86. The minimum atomic E-state index is -0.912. The zero-order valence-electron chi connectivity index (χ0n) is 15.6. The van der Waals surface area contributed by atoms with Crippen molar-refractivity contribution in [1.29, 1.82) is 0 Å². The summed E-state index contributed by atoms with van der Waals surface area (Å²) in [5.74, 6) is 1.60. The van der Waals surface area contributed by atoms with E-state index in [1.807, 2.05) is 24.4 Å². The number of piperidine rings is 1. The van der Waals surface area contributed by atoms with E-state index in [2.05, 4.69) is 34.5 Å². The van der Waals surface area contributed by atoms with Gasteiger partial charge in [-0.3, -0.25) is 0 Å². The molecule has 2 heterocycles. The molecule has 3 N–H and O–H groups in total. The number of likely N-dealkylation sites (tertiary alicyclic amines) is 1. The highest BCUT2D eigenvalue weighted by Crippen LogP contribution is 2.25. The Hall–Kier alpha value is -0.380. The van der Waals surface area contributed by atoms with Crippen LogP contribution in [-0.4, -0.2) is 55.7 Å². The van der Waals surface area contributed by atoms with Gasteiger partial charge in [0.05, 0.1) is 6.54 Å². The summed E-state index contributed by atoms with van der Waals surface area (Å²) < 4.78 is 0. The molecule has 0 spiro atoms. The van der Waals surface area contributed by atoms with Crippen LogP contribution in [0.25, 0.3) is 0 Å². The molecule has 144 valence electrons. The van der Waals surface area contributed by atoms with E-state index in [0.717, 1.165) is 29.8 Å². The second-order valence-electron chi connectivity index (χ2n) is 6.91. The summed E-state index contributed by atoms with van der Waals surface area (Å²) in [4.78, 5) is 7.94. The van der Waals surface area contributed by atoms with Crippen LogP contribution in [0, 0.1) is 5.92 Å². The van der Waals surface area contributed by atoms with Crippen LogP contribution in [-0.2, 0) is 5.60 Å². The summed E-state index contributed by atoms with van der Waals surface area (Å²) in [7, 11) is 2.20. The van der Waals surface area contributed by atoms with Gasteiger partial charge in [-0.2, -0.15) is 0 Å². The fraction of sp³-hybridized carbons (Fsp3) is 0.722. The lowest BCUT2D eigenvalue weighted by atomic mass is 9.94. The second kappa shape index (κ2) is 11.4. The first kappa shape index (κ1) is 22.7. The maximum Gasteiger partial charge on any atom is 0.191 e. The van der Waals surface area contributed by atoms with Crippen molar-refractivity contribution in [2.24, 2.45) is 10.9 Å². The first-order valence-corrected chi connectivity index (χ1v) is 9.86. The zero-order valence-corrected chi connectivity index (χ0v) is 18.8. The van der Waals surface area contributed by atoms with E-state index in [9.17, 15) is 5.11 Å². The third-order valence-electron chi connectivity index (χ3n) is 4.62. The summed E-state index contributed by atoms with van der Waals surface area (Å²) in [6.07, 6.45) is 3.76. The molecule has 0 bridgehead atoms. The van der Waals surface area contributed by atoms with Gasteiger partial charge in [-0.15, -0.1) is 35.3 Å². The van der Waals surface area contributed by atoms with Crippen LogP contribution < -0.4 is 10.6 Å². The van der Waals surface area contributed by atoms with E-state index in [1.54, 1.807) is 11.3 Å². The Morgan fingerprint density at radius 1 is 1.40 bits per heavy atom. The van der Waals surface area contributed by atoms with Crippen LogP contribution >= 0.6 is 35.3 Å². The Balaban J connectivity index is 0.00000312. The molecule has 1 atom stereocenters. The first-order chi connectivity index (χ1) is 11.5. The minimum Gasteiger partial charge on any atom is -0.383 e. The Labute approximate surface area is 173 Å². The fourth-order valence-electron chi connectivity index (χ4n) is 2.98. The molecular formula is C18H33IN4OS. The van der Waals surface area contributed by atoms with Crippen LogP contribution in [0.15, 0.2) is 22.5 Å². The highest BCUT2D eigenvalue weighted by Gasteiger charge is 2.24. The molecule has 0 aliphatic carbocycles. The molecular weight excluding hydrogens is 447 g/mol. The van der Waals surface area contributed by atoms with Crippen LogP contribution in [0.1, 0.15) is 38.0 Å². The number of guanidine groups is 1. The number of thiophene rings is 1. The second-order valence-corrected chi connectivity index (χ2v) is 7.86. The van der Waals surface area contributed by atoms with E-state index in [1.165, 1.54) is 32.4 Å². The third kappa shape index (κ3) is 7.80. The lowest BCUT2D eigenvalue weighted by Crippen LogP contribution is -2.40. The summed E-state index contributed by atoms with van der Waals surface area (Å²) in [6, 6.07) is 3.92. The minimum absolute atomic E-state index is 0. The molecule has 0 saturated carbocycles. The molecule has 1 saturated heterocycles. The van der Waals surface area contributed by atoms with Crippen molar-refractivity contribution in [2.45, 2.75) is 38.7 Å². The lowest BCUT2D eigenvalue weighted by Gasteiger charge is -2.29. The van der Waals surface area contributed by atoms with E-state index in [-0.39, 0.29) is 24.0 Å². The van der Waals surface area contributed by atoms with Crippen molar-refractivity contribution in [2.75, 3.05) is 39.8 Å².